The highest BCUT2D eigenvalue weighted by atomic mass is 19.1. The normalized spacial score (nSPS) is 13.4. The van der Waals surface area contributed by atoms with Crippen molar-refractivity contribution in [3.8, 4) is 0 Å². The maximum Gasteiger partial charge on any atom is 0.303 e. The van der Waals surface area contributed by atoms with Gasteiger partial charge in [0.25, 0.3) is 0 Å². The number of halogens is 4. The van der Waals surface area contributed by atoms with Crippen molar-refractivity contribution in [3.05, 3.63) is 130 Å². The topological polar surface area (TPSA) is 159 Å². The second-order valence-electron chi connectivity index (χ2n) is 19.4. The molecule has 4 atom stereocenters. The summed E-state index contributed by atoms with van der Waals surface area (Å²) in [7, 11) is 7.70. The summed E-state index contributed by atoms with van der Waals surface area (Å²) in [5, 5.41) is 11.8. The van der Waals surface area contributed by atoms with Crippen molar-refractivity contribution in [2.45, 2.75) is 118 Å². The number of amides is 1. The number of aliphatic carboxylic acids is 1. The number of pyridine rings is 2. The Morgan fingerprint density at radius 2 is 1.04 bits per heavy atom. The molecule has 0 aliphatic heterocycles. The predicted octanol–water partition coefficient (Wildman–Crippen LogP) is 9.44. The number of rotatable bonds is 19. The summed E-state index contributed by atoms with van der Waals surface area (Å²) in [6.07, 6.45) is 7.36. The van der Waals surface area contributed by atoms with E-state index in [0.717, 1.165) is 23.5 Å². The van der Waals surface area contributed by atoms with Gasteiger partial charge in [-0.15, -0.1) is 0 Å². The number of nitrogens with one attached hydrogen (secondary N) is 1. The standard InChI is InChI=1S/C26H35F2N3O2.C14H21FN2O.C12H16FNO2/c1-7-24(32)21-9-8-17(11-23(21)28)10-20(31(5)6)16-30-25(33)13-22(26(2,3)4)18-12-19(27)15-29-14-18;1-4-14(18)12-6-5-10(8-13(12)15)7-11(9-16)17(2)3;1-12(2,3)10(5-11(15)16)8-4-9(13)7-14-6-8/h8-9,11-12,14-15,20,22H,7,10,13,16H2,1-6H3,(H,30,33);5-6,8,11H,4,7,9,16H2,1-3H3;4,6-7,10H,5H2,1-3H3,(H,15,16)/t20-,22-;11-;10-/m000/s1. The molecule has 0 fully saturated rings. The quantitative estimate of drug-likeness (QED) is 0.0611. The number of benzene rings is 2. The first-order valence-electron chi connectivity index (χ1n) is 22.6. The van der Waals surface area contributed by atoms with E-state index in [0.29, 0.717) is 43.5 Å². The molecule has 0 saturated carbocycles. The monoisotopic (exact) mass is 937 g/mol. The van der Waals surface area contributed by atoms with Gasteiger partial charge in [0.1, 0.15) is 23.3 Å². The van der Waals surface area contributed by atoms with Crippen LogP contribution in [-0.2, 0) is 22.4 Å². The van der Waals surface area contributed by atoms with E-state index in [-0.39, 0.29) is 82.6 Å². The summed E-state index contributed by atoms with van der Waals surface area (Å²) in [6, 6.07) is 12.4. The lowest BCUT2D eigenvalue weighted by Crippen LogP contribution is -2.42. The van der Waals surface area contributed by atoms with Crippen LogP contribution in [0.1, 0.15) is 136 Å². The van der Waals surface area contributed by atoms with Crippen LogP contribution < -0.4 is 11.1 Å². The van der Waals surface area contributed by atoms with Crippen LogP contribution >= 0.6 is 0 Å². The Balaban J connectivity index is 0.000000381. The number of carboxylic acid groups (broad SMARTS) is 1. The fraction of sp³-hybridized carbons (Fsp3) is 0.500. The number of hydrogen-bond donors (Lipinski definition) is 3. The highest BCUT2D eigenvalue weighted by Crippen LogP contribution is 2.38. The third-order valence-corrected chi connectivity index (χ3v) is 11.6. The third kappa shape index (κ3) is 19.4. The van der Waals surface area contributed by atoms with Crippen LogP contribution in [0.5, 0.6) is 0 Å². The Hall–Kier alpha value is -5.38. The summed E-state index contributed by atoms with van der Waals surface area (Å²) in [5.41, 5.74) is 8.40. The number of aromatic nitrogens is 2. The molecule has 0 bridgehead atoms. The molecule has 4 rings (SSSR count). The Morgan fingerprint density at radius 1 is 0.642 bits per heavy atom. The molecule has 0 unspecified atom stereocenters. The van der Waals surface area contributed by atoms with Crippen LogP contribution in [0.25, 0.3) is 0 Å². The van der Waals surface area contributed by atoms with Crippen molar-refractivity contribution in [3.63, 3.8) is 0 Å². The van der Waals surface area contributed by atoms with E-state index in [2.05, 4.69) is 15.3 Å². The average molecular weight is 937 g/mol. The first-order valence-corrected chi connectivity index (χ1v) is 22.6. The molecule has 15 heteroatoms. The van der Waals surface area contributed by atoms with E-state index in [1.807, 2.05) is 79.5 Å². The number of hydrogen-bond acceptors (Lipinski definition) is 9. The van der Waals surface area contributed by atoms with Gasteiger partial charge in [-0.25, -0.2) is 17.6 Å². The van der Waals surface area contributed by atoms with Crippen LogP contribution in [-0.4, -0.2) is 102 Å². The maximum atomic E-state index is 14.4. The minimum atomic E-state index is -0.885. The molecule has 11 nitrogen and oxygen atoms in total. The Morgan fingerprint density at radius 3 is 1.37 bits per heavy atom. The fourth-order valence-corrected chi connectivity index (χ4v) is 7.41. The maximum absolute atomic E-state index is 14.4. The molecule has 368 valence electrons. The van der Waals surface area contributed by atoms with Gasteiger partial charge in [0, 0.05) is 62.7 Å². The summed E-state index contributed by atoms with van der Waals surface area (Å²) < 4.78 is 54.9. The molecule has 4 aromatic rings. The van der Waals surface area contributed by atoms with Gasteiger partial charge >= 0.3 is 5.97 Å². The zero-order valence-corrected chi connectivity index (χ0v) is 41.4. The highest BCUT2D eigenvalue weighted by molar-refractivity contribution is 5.96. The van der Waals surface area contributed by atoms with Crippen molar-refractivity contribution >= 4 is 23.4 Å². The fourth-order valence-electron chi connectivity index (χ4n) is 7.41. The second-order valence-corrected chi connectivity index (χ2v) is 19.4. The van der Waals surface area contributed by atoms with E-state index < -0.39 is 29.2 Å². The van der Waals surface area contributed by atoms with Gasteiger partial charge < -0.3 is 26.0 Å². The first-order chi connectivity index (χ1) is 31.2. The molecule has 2 heterocycles. The number of ketones is 2. The lowest BCUT2D eigenvalue weighted by molar-refractivity contribution is -0.138. The van der Waals surface area contributed by atoms with Gasteiger partial charge in [0.15, 0.2) is 11.6 Å². The zero-order chi connectivity index (χ0) is 50.8. The van der Waals surface area contributed by atoms with Crippen LogP contribution in [0.3, 0.4) is 0 Å². The van der Waals surface area contributed by atoms with Gasteiger partial charge in [0.2, 0.25) is 5.91 Å². The van der Waals surface area contributed by atoms with Crippen molar-refractivity contribution in [1.29, 1.82) is 0 Å². The second kappa shape index (κ2) is 26.8. The smallest absolute Gasteiger partial charge is 0.303 e. The number of nitrogens with two attached hydrogens (primary N) is 1. The number of nitrogens with zero attached hydrogens (tertiary/aromatic N) is 4. The van der Waals surface area contributed by atoms with Gasteiger partial charge in [-0.3, -0.25) is 29.1 Å². The third-order valence-electron chi connectivity index (χ3n) is 11.6. The Labute approximate surface area is 395 Å². The summed E-state index contributed by atoms with van der Waals surface area (Å²) >= 11 is 0. The predicted molar refractivity (Wildman–Crippen MR) is 256 cm³/mol. The molecule has 67 heavy (non-hydrogen) atoms. The SMILES string of the molecule is CC(C)(C)[C@@H](CC(=O)O)c1cncc(F)c1.CCC(=O)c1ccc(C[C@@H](CN)N(C)C)cc1F.CCC(=O)c1ccc(C[C@@H](CNC(=O)C[C@@H](c2cncc(F)c2)C(C)(C)C)N(C)C)cc1F. The molecule has 2 aromatic heterocycles. The molecule has 2 aromatic carbocycles. The average Bonchev–Trinajstić information content (AvgIpc) is 3.24. The van der Waals surface area contributed by atoms with Gasteiger partial charge in [-0.2, -0.15) is 0 Å². The molecule has 0 spiro atoms. The van der Waals surface area contributed by atoms with E-state index in [1.165, 1.54) is 36.5 Å². The van der Waals surface area contributed by atoms with E-state index in [1.54, 1.807) is 38.2 Å². The molecular weight excluding hydrogens is 865 g/mol. The van der Waals surface area contributed by atoms with Crippen molar-refractivity contribution in [2.24, 2.45) is 16.6 Å². The number of carboxylic acids is 1. The number of carbonyl (C=O) groups is 4. The van der Waals surface area contributed by atoms with E-state index in [9.17, 15) is 36.7 Å². The molecule has 0 aliphatic carbocycles. The summed E-state index contributed by atoms with van der Waals surface area (Å²) in [5.74, 6) is -3.66. The largest absolute Gasteiger partial charge is 0.481 e. The minimum Gasteiger partial charge on any atom is -0.481 e. The Bertz CT molecular complexity index is 2240. The van der Waals surface area contributed by atoms with Crippen LogP contribution in [0.2, 0.25) is 0 Å². The molecule has 4 N–H and O–H groups in total. The lowest BCUT2D eigenvalue weighted by Gasteiger charge is -2.31. The van der Waals surface area contributed by atoms with Crippen molar-refractivity contribution in [2.75, 3.05) is 41.3 Å². The highest BCUT2D eigenvalue weighted by Gasteiger charge is 2.30. The molecule has 0 aliphatic rings. The molecule has 0 radical (unpaired) electrons. The minimum absolute atomic E-state index is 0.0192. The number of carbonyl (C=O) groups excluding carboxylic acids is 3. The Kier molecular flexibility index (Phi) is 23.1. The molecule has 1 amide bonds. The van der Waals surface area contributed by atoms with Crippen molar-refractivity contribution in [1.82, 2.24) is 25.1 Å². The first kappa shape index (κ1) is 57.7. The van der Waals surface area contributed by atoms with Crippen molar-refractivity contribution < 1.29 is 41.8 Å². The lowest BCUT2D eigenvalue weighted by atomic mass is 9.75. The van der Waals surface area contributed by atoms with Gasteiger partial charge in [-0.05, 0) is 116 Å². The van der Waals surface area contributed by atoms with Crippen LogP contribution in [0.15, 0.2) is 73.3 Å². The molecular formula is C52H72F4N6O5. The summed E-state index contributed by atoms with van der Waals surface area (Å²) in [6.45, 7) is 16.2. The van der Waals surface area contributed by atoms with Gasteiger partial charge in [0.05, 0.1) is 29.9 Å². The van der Waals surface area contributed by atoms with Gasteiger partial charge in [-0.1, -0.05) is 67.5 Å². The van der Waals surface area contributed by atoms with E-state index in [4.69, 9.17) is 10.8 Å². The zero-order valence-electron chi connectivity index (χ0n) is 41.4. The van der Waals surface area contributed by atoms with E-state index >= 15 is 0 Å². The summed E-state index contributed by atoms with van der Waals surface area (Å²) in [4.78, 5) is 58.6. The molecule has 0 saturated heterocycles. The van der Waals surface area contributed by atoms with Crippen LogP contribution in [0, 0.1) is 34.1 Å². The number of likely N-dealkylation sites (N-methyl/N-ethyl adjacent to an activating group) is 2. The van der Waals surface area contributed by atoms with Crippen LogP contribution in [0.4, 0.5) is 17.6 Å². The number of Topliss-reactive ketones (excluding diaryl/α,β-unsaturated/α-hetero) is 2.